The van der Waals surface area contributed by atoms with Crippen LogP contribution in [0.3, 0.4) is 0 Å². The third kappa shape index (κ3) is 3.63. The first-order valence-corrected chi connectivity index (χ1v) is 10.2. The molecule has 0 atom stereocenters. The van der Waals surface area contributed by atoms with E-state index in [2.05, 4.69) is 5.32 Å². The number of nitrogens with one attached hydrogen (secondary N) is 1. The number of thiophene rings is 1. The minimum absolute atomic E-state index is 0.0298. The molecule has 1 amide bonds. The molecule has 2 heterocycles. The highest BCUT2D eigenvalue weighted by molar-refractivity contribution is 7.08. The maximum Gasteiger partial charge on any atom is 0.273 e. The lowest BCUT2D eigenvalue weighted by atomic mass is 10.2. The van der Waals surface area contributed by atoms with Gasteiger partial charge in [-0.15, -0.1) is 11.3 Å². The number of nitriles is 1. The zero-order valence-electron chi connectivity index (χ0n) is 14.2. The number of hydrogen-bond donors (Lipinski definition) is 1. The van der Waals surface area contributed by atoms with Crippen LogP contribution in [0.5, 0.6) is 0 Å². The molecule has 3 aromatic rings. The first-order valence-electron chi connectivity index (χ1n) is 8.44. The number of amides is 1. The lowest BCUT2D eigenvalue weighted by Gasteiger charge is -2.04. The molecule has 0 unspecified atom stereocenters. The van der Waals surface area contributed by atoms with E-state index in [1.54, 1.807) is 29.5 Å². The van der Waals surface area contributed by atoms with Gasteiger partial charge in [0.05, 0.1) is 10.2 Å². The highest BCUT2D eigenvalue weighted by Crippen LogP contribution is 2.19. The average Bonchev–Trinajstić information content (AvgIpc) is 3.23. The number of thiazole rings is 1. The summed E-state index contributed by atoms with van der Waals surface area (Å²) in [5.74, 6) is -0.423. The lowest BCUT2D eigenvalue weighted by molar-refractivity contribution is -0.115. The summed E-state index contributed by atoms with van der Waals surface area (Å²) in [7, 11) is 0. The van der Waals surface area contributed by atoms with Gasteiger partial charge < -0.3 is 5.32 Å². The Morgan fingerprint density at radius 2 is 2.04 bits per heavy atom. The monoisotopic (exact) mass is 393 g/mol. The van der Waals surface area contributed by atoms with Crippen molar-refractivity contribution < 1.29 is 4.79 Å². The first-order chi connectivity index (χ1) is 13.2. The summed E-state index contributed by atoms with van der Waals surface area (Å²) >= 11 is 2.71. The molecule has 1 aliphatic carbocycles. The fourth-order valence-electron chi connectivity index (χ4n) is 2.65. The van der Waals surface area contributed by atoms with Crippen molar-refractivity contribution >= 4 is 40.2 Å². The van der Waals surface area contributed by atoms with Crippen molar-refractivity contribution in [1.82, 2.24) is 9.88 Å². The van der Waals surface area contributed by atoms with Crippen LogP contribution in [-0.4, -0.2) is 16.5 Å². The van der Waals surface area contributed by atoms with E-state index < -0.39 is 5.91 Å². The van der Waals surface area contributed by atoms with Gasteiger partial charge in [-0.3, -0.25) is 14.2 Å². The van der Waals surface area contributed by atoms with E-state index in [-0.39, 0.29) is 17.2 Å². The molecule has 7 heteroatoms. The van der Waals surface area contributed by atoms with Gasteiger partial charge in [0.1, 0.15) is 10.7 Å². The standard InChI is InChI=1S/C20H15N3O2S2/c21-11-16(18(24)22-14-6-7-14)20-23(15-4-2-1-3-5-15)19(25)17(27-20)10-13-8-9-26-12-13/h1-5,8-10,12,14H,6-7H2,(H,22,24). The summed E-state index contributed by atoms with van der Waals surface area (Å²) in [6.45, 7) is 0. The molecule has 5 nitrogen and oxygen atoms in total. The summed E-state index contributed by atoms with van der Waals surface area (Å²) in [6, 6.07) is 13.1. The van der Waals surface area contributed by atoms with Crippen molar-refractivity contribution in [3.63, 3.8) is 0 Å². The fraction of sp³-hybridized carbons (Fsp3) is 0.150. The van der Waals surface area contributed by atoms with Crippen molar-refractivity contribution in [3.05, 3.63) is 72.3 Å². The molecule has 0 bridgehead atoms. The van der Waals surface area contributed by atoms with E-state index >= 15 is 0 Å². The van der Waals surface area contributed by atoms with Crippen LogP contribution in [0.1, 0.15) is 18.4 Å². The van der Waals surface area contributed by atoms with Crippen molar-refractivity contribution in [1.29, 1.82) is 5.26 Å². The van der Waals surface area contributed by atoms with Crippen LogP contribution in [0, 0.1) is 11.3 Å². The molecule has 27 heavy (non-hydrogen) atoms. The van der Waals surface area contributed by atoms with Crippen LogP contribution >= 0.6 is 22.7 Å². The van der Waals surface area contributed by atoms with Gasteiger partial charge in [0.25, 0.3) is 11.5 Å². The van der Waals surface area contributed by atoms with Crippen molar-refractivity contribution in [2.75, 3.05) is 0 Å². The molecule has 4 rings (SSSR count). The summed E-state index contributed by atoms with van der Waals surface area (Å²) < 4.78 is 2.29. The molecular formula is C20H15N3O2S2. The highest BCUT2D eigenvalue weighted by Gasteiger charge is 2.26. The number of benzene rings is 1. The predicted molar refractivity (Wildman–Crippen MR) is 107 cm³/mol. The normalized spacial score (nSPS) is 15.3. The van der Waals surface area contributed by atoms with Crippen molar-refractivity contribution in [2.24, 2.45) is 0 Å². The largest absolute Gasteiger partial charge is 0.349 e. The van der Waals surface area contributed by atoms with E-state index in [4.69, 9.17) is 0 Å². The van der Waals surface area contributed by atoms with Gasteiger partial charge >= 0.3 is 0 Å². The quantitative estimate of drug-likeness (QED) is 0.734. The molecule has 1 N–H and O–H groups in total. The molecule has 0 saturated heterocycles. The third-order valence-corrected chi connectivity index (χ3v) is 5.94. The van der Waals surface area contributed by atoms with Crippen molar-refractivity contribution in [3.8, 4) is 11.8 Å². The summed E-state index contributed by atoms with van der Waals surface area (Å²) in [5, 5.41) is 16.4. The van der Waals surface area contributed by atoms with E-state index in [1.165, 1.54) is 15.9 Å². The van der Waals surface area contributed by atoms with E-state index in [0.29, 0.717) is 14.9 Å². The van der Waals surface area contributed by atoms with Gasteiger partial charge in [-0.05, 0) is 53.4 Å². The van der Waals surface area contributed by atoms with Gasteiger partial charge in [-0.1, -0.05) is 18.2 Å². The molecule has 0 radical (unpaired) electrons. The Bertz CT molecular complexity index is 1190. The van der Waals surface area contributed by atoms with Crippen LogP contribution in [0.25, 0.3) is 17.3 Å². The highest BCUT2D eigenvalue weighted by atomic mass is 32.1. The Balaban J connectivity index is 2.00. The van der Waals surface area contributed by atoms with Gasteiger partial charge in [0, 0.05) is 6.04 Å². The molecule has 2 aromatic heterocycles. The van der Waals surface area contributed by atoms with Gasteiger partial charge in [0.15, 0.2) is 5.57 Å². The van der Waals surface area contributed by atoms with E-state index in [1.807, 2.05) is 41.1 Å². The van der Waals surface area contributed by atoms with Gasteiger partial charge in [0.2, 0.25) is 0 Å². The third-order valence-electron chi connectivity index (χ3n) is 4.14. The SMILES string of the molecule is N#CC(C(=O)NC1CC1)=c1sc(=Cc2ccsc2)c(=O)n1-c1ccccc1. The Kier molecular flexibility index (Phi) is 4.75. The minimum atomic E-state index is -0.423. The molecule has 1 aliphatic rings. The number of hydrogen-bond acceptors (Lipinski definition) is 5. The molecule has 0 aliphatic heterocycles. The van der Waals surface area contributed by atoms with Gasteiger partial charge in [-0.2, -0.15) is 16.6 Å². The minimum Gasteiger partial charge on any atom is -0.349 e. The lowest BCUT2D eigenvalue weighted by Crippen LogP contribution is -2.34. The number of aromatic nitrogens is 1. The Labute approximate surface area is 163 Å². The zero-order valence-corrected chi connectivity index (χ0v) is 15.8. The van der Waals surface area contributed by atoms with Crippen LogP contribution < -0.4 is 20.1 Å². The fourth-order valence-corrected chi connectivity index (χ4v) is 4.37. The number of carbonyl (C=O) groups is 1. The van der Waals surface area contributed by atoms with Crippen LogP contribution in [0.4, 0.5) is 0 Å². The van der Waals surface area contributed by atoms with Gasteiger partial charge in [-0.25, -0.2) is 0 Å². The maximum absolute atomic E-state index is 13.1. The maximum atomic E-state index is 13.1. The molecule has 1 fully saturated rings. The second-order valence-corrected chi connectivity index (χ2v) is 7.99. The second kappa shape index (κ2) is 7.35. The topological polar surface area (TPSA) is 74.9 Å². The predicted octanol–water partition coefficient (Wildman–Crippen LogP) is 1.74. The number of nitrogens with zero attached hydrogens (tertiary/aromatic N) is 2. The van der Waals surface area contributed by atoms with Crippen LogP contribution in [0.2, 0.25) is 0 Å². The Morgan fingerprint density at radius 3 is 2.67 bits per heavy atom. The van der Waals surface area contributed by atoms with Crippen molar-refractivity contribution in [2.45, 2.75) is 18.9 Å². The summed E-state index contributed by atoms with van der Waals surface area (Å²) in [5.41, 5.74) is 1.29. The van der Waals surface area contributed by atoms with E-state index in [0.717, 1.165) is 18.4 Å². The first kappa shape index (κ1) is 17.5. The molecule has 0 spiro atoms. The van der Waals surface area contributed by atoms with Crippen LogP contribution in [0.15, 0.2) is 52.0 Å². The number of carbonyl (C=O) groups excluding carboxylic acids is 1. The molecule has 1 aromatic carbocycles. The Hall–Kier alpha value is -2.95. The van der Waals surface area contributed by atoms with Crippen LogP contribution in [-0.2, 0) is 4.79 Å². The van der Waals surface area contributed by atoms with E-state index in [9.17, 15) is 14.9 Å². The average molecular weight is 393 g/mol. The Morgan fingerprint density at radius 1 is 1.26 bits per heavy atom. The second-order valence-electron chi connectivity index (χ2n) is 6.18. The smallest absolute Gasteiger partial charge is 0.273 e. The number of para-hydroxylation sites is 1. The summed E-state index contributed by atoms with van der Waals surface area (Å²) in [4.78, 5) is 25.6. The number of rotatable bonds is 4. The molecule has 134 valence electrons. The molecule has 1 saturated carbocycles. The zero-order chi connectivity index (χ0) is 18.8. The summed E-state index contributed by atoms with van der Waals surface area (Å²) in [6.07, 6.45) is 3.65. The molecular weight excluding hydrogens is 378 g/mol.